The van der Waals surface area contributed by atoms with E-state index in [2.05, 4.69) is 0 Å². The van der Waals surface area contributed by atoms with Crippen LogP contribution in [0.2, 0.25) is 0 Å². The second-order valence-corrected chi connectivity index (χ2v) is 3.26. The summed E-state index contributed by atoms with van der Waals surface area (Å²) in [6, 6.07) is 6.07. The van der Waals surface area contributed by atoms with Crippen LogP contribution in [0.15, 0.2) is 24.3 Å². The second kappa shape index (κ2) is 8.07. The van der Waals surface area contributed by atoms with Gasteiger partial charge in [-0.05, 0) is 18.6 Å². The molecule has 0 N–H and O–H groups in total. The monoisotopic (exact) mass is 228 g/mol. The van der Waals surface area contributed by atoms with Gasteiger partial charge in [0, 0.05) is 26.4 Å². The highest BCUT2D eigenvalue weighted by Crippen LogP contribution is 2.11. The molecule has 0 saturated carbocycles. The Labute approximate surface area is 95.1 Å². The minimum Gasteiger partial charge on any atom is -0.491 e. The van der Waals surface area contributed by atoms with Gasteiger partial charge in [-0.3, -0.25) is 0 Å². The highest BCUT2D eigenvalue weighted by molar-refractivity contribution is 5.22. The van der Waals surface area contributed by atoms with Gasteiger partial charge in [-0.1, -0.05) is 6.07 Å². The number of rotatable bonds is 8. The van der Waals surface area contributed by atoms with Crippen LogP contribution in [0.25, 0.3) is 0 Å². The van der Waals surface area contributed by atoms with E-state index in [0.29, 0.717) is 32.2 Å². The van der Waals surface area contributed by atoms with Gasteiger partial charge in [0.1, 0.15) is 18.2 Å². The van der Waals surface area contributed by atoms with Crippen LogP contribution in [0.4, 0.5) is 4.39 Å². The lowest BCUT2D eigenvalue weighted by molar-refractivity contribution is 0.0806. The van der Waals surface area contributed by atoms with E-state index in [4.69, 9.17) is 14.2 Å². The molecule has 0 aliphatic carbocycles. The molecule has 0 saturated heterocycles. The summed E-state index contributed by atoms with van der Waals surface area (Å²) in [6.45, 7) is 2.28. The van der Waals surface area contributed by atoms with E-state index < -0.39 is 0 Å². The third-order valence-electron chi connectivity index (χ3n) is 1.93. The summed E-state index contributed by atoms with van der Waals surface area (Å²) in [4.78, 5) is 0. The van der Waals surface area contributed by atoms with Crippen LogP contribution in [0.5, 0.6) is 5.75 Å². The molecule has 0 heterocycles. The van der Waals surface area contributed by atoms with E-state index in [9.17, 15) is 4.39 Å². The van der Waals surface area contributed by atoms with Crippen LogP contribution in [0, 0.1) is 5.82 Å². The molecule has 0 amide bonds. The molecule has 16 heavy (non-hydrogen) atoms. The molecular weight excluding hydrogens is 211 g/mol. The molecule has 90 valence electrons. The largest absolute Gasteiger partial charge is 0.491 e. The van der Waals surface area contributed by atoms with Crippen LogP contribution >= 0.6 is 0 Å². The van der Waals surface area contributed by atoms with Crippen molar-refractivity contribution in [2.75, 3.05) is 33.5 Å². The van der Waals surface area contributed by atoms with Gasteiger partial charge in [0.2, 0.25) is 0 Å². The standard InChI is InChI=1S/C12H17FO3/c1-14-6-3-7-15-8-9-16-12-5-2-4-11(13)10-12/h2,4-5,10H,3,6-9H2,1H3. The van der Waals surface area contributed by atoms with Gasteiger partial charge in [0.15, 0.2) is 0 Å². The summed E-state index contributed by atoms with van der Waals surface area (Å²) < 4.78 is 28.2. The fourth-order valence-corrected chi connectivity index (χ4v) is 1.18. The van der Waals surface area contributed by atoms with Crippen molar-refractivity contribution in [1.82, 2.24) is 0 Å². The zero-order chi connectivity index (χ0) is 11.6. The molecule has 0 bridgehead atoms. The fraction of sp³-hybridized carbons (Fsp3) is 0.500. The third-order valence-corrected chi connectivity index (χ3v) is 1.93. The van der Waals surface area contributed by atoms with Crippen molar-refractivity contribution in [3.8, 4) is 5.75 Å². The first-order valence-corrected chi connectivity index (χ1v) is 5.28. The maximum absolute atomic E-state index is 12.8. The average molecular weight is 228 g/mol. The molecule has 0 atom stereocenters. The van der Waals surface area contributed by atoms with Gasteiger partial charge in [0.05, 0.1) is 6.61 Å². The van der Waals surface area contributed by atoms with Crippen molar-refractivity contribution in [2.45, 2.75) is 6.42 Å². The van der Waals surface area contributed by atoms with E-state index in [1.807, 2.05) is 0 Å². The molecule has 0 aromatic heterocycles. The number of halogens is 1. The Morgan fingerprint density at radius 1 is 1.12 bits per heavy atom. The fourth-order valence-electron chi connectivity index (χ4n) is 1.18. The number of hydrogen-bond donors (Lipinski definition) is 0. The molecule has 1 aromatic carbocycles. The Hall–Kier alpha value is -1.13. The quantitative estimate of drug-likeness (QED) is 0.639. The molecule has 0 radical (unpaired) electrons. The molecule has 0 aliphatic heterocycles. The first kappa shape index (κ1) is 12.9. The zero-order valence-electron chi connectivity index (χ0n) is 9.45. The lowest BCUT2D eigenvalue weighted by Gasteiger charge is -2.06. The molecule has 4 heteroatoms. The van der Waals surface area contributed by atoms with Gasteiger partial charge in [-0.15, -0.1) is 0 Å². The summed E-state index contributed by atoms with van der Waals surface area (Å²) in [5.74, 6) is 0.235. The minimum atomic E-state index is -0.293. The van der Waals surface area contributed by atoms with Crippen molar-refractivity contribution in [2.24, 2.45) is 0 Å². The Balaban J connectivity index is 2.03. The van der Waals surface area contributed by atoms with Gasteiger partial charge < -0.3 is 14.2 Å². The maximum Gasteiger partial charge on any atom is 0.126 e. The average Bonchev–Trinajstić information content (AvgIpc) is 2.28. The van der Waals surface area contributed by atoms with Gasteiger partial charge in [-0.2, -0.15) is 0 Å². The molecule has 0 spiro atoms. The predicted molar refractivity (Wildman–Crippen MR) is 59.2 cm³/mol. The van der Waals surface area contributed by atoms with Crippen LogP contribution in [-0.2, 0) is 9.47 Å². The SMILES string of the molecule is COCCCOCCOc1cccc(F)c1. The smallest absolute Gasteiger partial charge is 0.126 e. The van der Waals surface area contributed by atoms with E-state index in [0.717, 1.165) is 6.42 Å². The summed E-state index contributed by atoms with van der Waals surface area (Å²) in [5, 5.41) is 0. The highest BCUT2D eigenvalue weighted by Gasteiger charge is 1.95. The Morgan fingerprint density at radius 3 is 2.75 bits per heavy atom. The van der Waals surface area contributed by atoms with Crippen molar-refractivity contribution in [3.63, 3.8) is 0 Å². The van der Waals surface area contributed by atoms with Crippen LogP contribution in [-0.4, -0.2) is 33.5 Å². The van der Waals surface area contributed by atoms with Gasteiger partial charge in [0.25, 0.3) is 0 Å². The third kappa shape index (κ3) is 5.68. The summed E-state index contributed by atoms with van der Waals surface area (Å²) in [6.07, 6.45) is 0.871. The van der Waals surface area contributed by atoms with Crippen molar-refractivity contribution in [1.29, 1.82) is 0 Å². The first-order valence-electron chi connectivity index (χ1n) is 5.28. The molecule has 0 unspecified atom stereocenters. The number of hydrogen-bond acceptors (Lipinski definition) is 3. The number of benzene rings is 1. The zero-order valence-corrected chi connectivity index (χ0v) is 9.45. The Morgan fingerprint density at radius 2 is 2.00 bits per heavy atom. The molecule has 1 aromatic rings. The molecule has 1 rings (SSSR count). The lowest BCUT2D eigenvalue weighted by atomic mass is 10.3. The second-order valence-electron chi connectivity index (χ2n) is 3.26. The minimum absolute atomic E-state index is 0.293. The summed E-state index contributed by atoms with van der Waals surface area (Å²) in [5.41, 5.74) is 0. The molecular formula is C12H17FO3. The van der Waals surface area contributed by atoms with Crippen LogP contribution in [0.3, 0.4) is 0 Å². The predicted octanol–water partition coefficient (Wildman–Crippen LogP) is 2.26. The van der Waals surface area contributed by atoms with E-state index in [1.165, 1.54) is 12.1 Å². The Kier molecular flexibility index (Phi) is 6.53. The maximum atomic E-state index is 12.8. The van der Waals surface area contributed by atoms with E-state index in [-0.39, 0.29) is 5.82 Å². The lowest BCUT2D eigenvalue weighted by Crippen LogP contribution is -2.08. The molecule has 3 nitrogen and oxygen atoms in total. The van der Waals surface area contributed by atoms with Crippen LogP contribution < -0.4 is 4.74 Å². The Bertz CT molecular complexity index is 291. The number of ether oxygens (including phenoxy) is 3. The number of methoxy groups -OCH3 is 1. The normalized spacial score (nSPS) is 10.4. The molecule has 0 aliphatic rings. The van der Waals surface area contributed by atoms with Gasteiger partial charge >= 0.3 is 0 Å². The van der Waals surface area contributed by atoms with Crippen molar-refractivity contribution >= 4 is 0 Å². The van der Waals surface area contributed by atoms with E-state index in [1.54, 1.807) is 19.2 Å². The van der Waals surface area contributed by atoms with Crippen LogP contribution in [0.1, 0.15) is 6.42 Å². The van der Waals surface area contributed by atoms with Crippen molar-refractivity contribution < 1.29 is 18.6 Å². The summed E-state index contributed by atoms with van der Waals surface area (Å²) >= 11 is 0. The summed E-state index contributed by atoms with van der Waals surface area (Å²) in [7, 11) is 1.66. The molecule has 0 fully saturated rings. The van der Waals surface area contributed by atoms with Gasteiger partial charge in [-0.25, -0.2) is 4.39 Å². The van der Waals surface area contributed by atoms with Crippen molar-refractivity contribution in [3.05, 3.63) is 30.1 Å². The highest BCUT2D eigenvalue weighted by atomic mass is 19.1. The van der Waals surface area contributed by atoms with E-state index >= 15 is 0 Å². The first-order chi connectivity index (χ1) is 7.83. The topological polar surface area (TPSA) is 27.7 Å².